The number of nitrogens with zero attached hydrogens (tertiary/aromatic N) is 2. The first-order valence-corrected chi connectivity index (χ1v) is 9.22. The molecule has 0 aliphatic rings. The van der Waals surface area contributed by atoms with Crippen LogP contribution in [0.1, 0.15) is 22.2 Å². The van der Waals surface area contributed by atoms with Gasteiger partial charge in [0.15, 0.2) is 5.96 Å². The van der Waals surface area contributed by atoms with Gasteiger partial charge in [-0.3, -0.25) is 14.8 Å². The zero-order chi connectivity index (χ0) is 17.9. The third-order valence-corrected chi connectivity index (χ3v) is 4.50. The van der Waals surface area contributed by atoms with Crippen LogP contribution in [-0.4, -0.2) is 43.5 Å². The van der Waals surface area contributed by atoms with Crippen LogP contribution >= 0.6 is 11.3 Å². The maximum atomic E-state index is 11.9. The molecule has 1 unspecified atom stereocenters. The van der Waals surface area contributed by atoms with Gasteiger partial charge in [-0.25, -0.2) is 0 Å². The minimum Gasteiger partial charge on any atom is -0.356 e. The first-order valence-electron chi connectivity index (χ1n) is 8.34. The van der Waals surface area contributed by atoms with Crippen molar-refractivity contribution in [3.05, 3.63) is 52.5 Å². The second-order valence-corrected chi connectivity index (χ2v) is 6.80. The molecule has 1 atom stereocenters. The molecule has 2 rings (SSSR count). The third-order valence-electron chi connectivity index (χ3n) is 3.60. The summed E-state index contributed by atoms with van der Waals surface area (Å²) in [4.78, 5) is 21.4. The SMILES string of the molecule is CN=C(NCCNC(=O)c1cccnc1)NCC(C)Cc1cccs1. The molecule has 0 saturated heterocycles. The van der Waals surface area contributed by atoms with Gasteiger partial charge in [-0.1, -0.05) is 13.0 Å². The summed E-state index contributed by atoms with van der Waals surface area (Å²) in [6, 6.07) is 7.74. The smallest absolute Gasteiger partial charge is 0.252 e. The summed E-state index contributed by atoms with van der Waals surface area (Å²) < 4.78 is 0. The number of thiophene rings is 1. The molecule has 2 aromatic rings. The van der Waals surface area contributed by atoms with Gasteiger partial charge in [0.2, 0.25) is 0 Å². The van der Waals surface area contributed by atoms with E-state index in [0.29, 0.717) is 24.6 Å². The monoisotopic (exact) mass is 359 g/mol. The van der Waals surface area contributed by atoms with E-state index in [0.717, 1.165) is 18.9 Å². The molecule has 3 N–H and O–H groups in total. The number of rotatable bonds is 8. The van der Waals surface area contributed by atoms with Crippen molar-refractivity contribution in [2.24, 2.45) is 10.9 Å². The van der Waals surface area contributed by atoms with Crippen molar-refractivity contribution in [2.75, 3.05) is 26.7 Å². The molecule has 0 aliphatic heterocycles. The van der Waals surface area contributed by atoms with E-state index in [2.05, 4.69) is 50.4 Å². The highest BCUT2D eigenvalue weighted by Gasteiger charge is 2.07. The normalized spacial score (nSPS) is 12.5. The first kappa shape index (κ1) is 18.9. The highest BCUT2D eigenvalue weighted by atomic mass is 32.1. The van der Waals surface area contributed by atoms with Gasteiger partial charge in [-0.05, 0) is 35.9 Å². The predicted octanol–water partition coefficient (Wildman–Crippen LogP) is 1.92. The lowest BCUT2D eigenvalue weighted by Gasteiger charge is -2.15. The van der Waals surface area contributed by atoms with E-state index in [-0.39, 0.29) is 5.91 Å². The highest BCUT2D eigenvalue weighted by molar-refractivity contribution is 7.09. The Kier molecular flexibility index (Phi) is 7.91. The van der Waals surface area contributed by atoms with E-state index < -0.39 is 0 Å². The molecule has 1 amide bonds. The van der Waals surface area contributed by atoms with Gasteiger partial charge in [-0.15, -0.1) is 11.3 Å². The van der Waals surface area contributed by atoms with Crippen LogP contribution in [0.4, 0.5) is 0 Å². The van der Waals surface area contributed by atoms with Crippen molar-refractivity contribution in [2.45, 2.75) is 13.3 Å². The predicted molar refractivity (Wildman–Crippen MR) is 103 cm³/mol. The lowest BCUT2D eigenvalue weighted by Crippen LogP contribution is -2.43. The standard InChI is InChI=1S/C18H25N5OS/c1-14(11-16-6-4-10-25-16)12-23-18(19-2)22-9-8-21-17(24)15-5-3-7-20-13-15/h3-7,10,13-14H,8-9,11-12H2,1-2H3,(H,21,24)(H2,19,22,23). The zero-order valence-electron chi connectivity index (χ0n) is 14.7. The van der Waals surface area contributed by atoms with E-state index in [9.17, 15) is 4.79 Å². The fourth-order valence-corrected chi connectivity index (χ4v) is 3.16. The van der Waals surface area contributed by atoms with Gasteiger partial charge in [0.1, 0.15) is 0 Å². The van der Waals surface area contributed by atoms with Gasteiger partial charge in [0.25, 0.3) is 5.91 Å². The molecule has 25 heavy (non-hydrogen) atoms. The third kappa shape index (κ3) is 6.93. The summed E-state index contributed by atoms with van der Waals surface area (Å²) in [6.07, 6.45) is 4.26. The average molecular weight is 359 g/mol. The number of carbonyl (C=O) groups excluding carboxylic acids is 1. The minimum absolute atomic E-state index is 0.123. The maximum Gasteiger partial charge on any atom is 0.252 e. The highest BCUT2D eigenvalue weighted by Crippen LogP contribution is 2.13. The van der Waals surface area contributed by atoms with E-state index in [1.165, 1.54) is 4.88 Å². The number of carbonyl (C=O) groups is 1. The largest absolute Gasteiger partial charge is 0.356 e. The molecular formula is C18H25N5OS. The van der Waals surface area contributed by atoms with Crippen LogP contribution in [0.5, 0.6) is 0 Å². The Labute approximate surface area is 152 Å². The molecular weight excluding hydrogens is 334 g/mol. The summed E-state index contributed by atoms with van der Waals surface area (Å²) in [5.74, 6) is 1.14. The Balaban J connectivity index is 1.62. The van der Waals surface area contributed by atoms with Gasteiger partial charge in [0, 0.05) is 44.0 Å². The molecule has 0 aromatic carbocycles. The van der Waals surface area contributed by atoms with E-state index in [1.807, 2.05) is 0 Å². The van der Waals surface area contributed by atoms with E-state index in [4.69, 9.17) is 0 Å². The Morgan fingerprint density at radius 1 is 1.24 bits per heavy atom. The number of pyridine rings is 1. The first-order chi connectivity index (χ1) is 12.2. The Bertz CT molecular complexity index is 657. The number of amides is 1. The molecule has 0 fully saturated rings. The van der Waals surface area contributed by atoms with E-state index >= 15 is 0 Å². The quantitative estimate of drug-likeness (QED) is 0.382. The Morgan fingerprint density at radius 3 is 2.76 bits per heavy atom. The van der Waals surface area contributed by atoms with Crippen LogP contribution in [0.25, 0.3) is 0 Å². The van der Waals surface area contributed by atoms with Crippen molar-refractivity contribution >= 4 is 23.2 Å². The maximum absolute atomic E-state index is 11.9. The molecule has 0 bridgehead atoms. The fourth-order valence-electron chi connectivity index (χ4n) is 2.29. The lowest BCUT2D eigenvalue weighted by molar-refractivity contribution is 0.0954. The number of aliphatic imine (C=N–C) groups is 1. The number of aromatic nitrogens is 1. The van der Waals surface area contributed by atoms with Crippen molar-refractivity contribution in [3.8, 4) is 0 Å². The topological polar surface area (TPSA) is 78.4 Å². The zero-order valence-corrected chi connectivity index (χ0v) is 15.5. The second kappa shape index (κ2) is 10.5. The summed E-state index contributed by atoms with van der Waals surface area (Å²) in [6.45, 7) is 4.18. The van der Waals surface area contributed by atoms with Crippen LogP contribution < -0.4 is 16.0 Å². The van der Waals surface area contributed by atoms with Crippen LogP contribution in [-0.2, 0) is 6.42 Å². The second-order valence-electron chi connectivity index (χ2n) is 5.77. The molecule has 2 heterocycles. The summed E-state index contributed by atoms with van der Waals surface area (Å²) >= 11 is 1.79. The van der Waals surface area contributed by atoms with Crippen LogP contribution in [0.15, 0.2) is 47.0 Å². The van der Waals surface area contributed by atoms with Crippen LogP contribution in [0.2, 0.25) is 0 Å². The van der Waals surface area contributed by atoms with Crippen molar-refractivity contribution in [1.29, 1.82) is 0 Å². The fraction of sp³-hybridized carbons (Fsp3) is 0.389. The van der Waals surface area contributed by atoms with Crippen LogP contribution in [0, 0.1) is 5.92 Å². The molecule has 7 heteroatoms. The van der Waals surface area contributed by atoms with Crippen molar-refractivity contribution < 1.29 is 4.79 Å². The lowest BCUT2D eigenvalue weighted by atomic mass is 10.1. The minimum atomic E-state index is -0.123. The molecule has 0 spiro atoms. The number of hydrogen-bond acceptors (Lipinski definition) is 4. The van der Waals surface area contributed by atoms with Gasteiger partial charge >= 0.3 is 0 Å². The van der Waals surface area contributed by atoms with Gasteiger partial charge in [0.05, 0.1) is 5.56 Å². The molecule has 2 aromatic heterocycles. The van der Waals surface area contributed by atoms with Crippen molar-refractivity contribution in [3.63, 3.8) is 0 Å². The molecule has 6 nitrogen and oxygen atoms in total. The average Bonchev–Trinajstić information content (AvgIpc) is 3.14. The molecule has 0 saturated carbocycles. The number of guanidine groups is 1. The Hall–Kier alpha value is -2.41. The molecule has 134 valence electrons. The number of nitrogens with one attached hydrogen (secondary N) is 3. The number of hydrogen-bond donors (Lipinski definition) is 3. The van der Waals surface area contributed by atoms with Gasteiger partial charge < -0.3 is 16.0 Å². The van der Waals surface area contributed by atoms with E-state index in [1.54, 1.807) is 42.9 Å². The summed E-state index contributed by atoms with van der Waals surface area (Å²) in [7, 11) is 1.74. The molecule has 0 radical (unpaired) electrons. The summed E-state index contributed by atoms with van der Waals surface area (Å²) in [5, 5.41) is 11.5. The van der Waals surface area contributed by atoms with Gasteiger partial charge in [-0.2, -0.15) is 0 Å². The van der Waals surface area contributed by atoms with Crippen molar-refractivity contribution in [1.82, 2.24) is 20.9 Å². The van der Waals surface area contributed by atoms with Crippen LogP contribution in [0.3, 0.4) is 0 Å². The Morgan fingerprint density at radius 2 is 2.08 bits per heavy atom. The summed E-state index contributed by atoms with van der Waals surface area (Å²) in [5.41, 5.74) is 0.562. The molecule has 0 aliphatic carbocycles.